The van der Waals surface area contributed by atoms with Gasteiger partial charge in [-0.3, -0.25) is 9.59 Å². The molecule has 3 aromatic carbocycles. The van der Waals surface area contributed by atoms with E-state index in [1.165, 1.54) is 11.8 Å². The van der Waals surface area contributed by atoms with Gasteiger partial charge in [0.25, 0.3) is 5.91 Å². The summed E-state index contributed by atoms with van der Waals surface area (Å²) in [4.78, 5) is 30.0. The van der Waals surface area contributed by atoms with Crippen LogP contribution in [0.25, 0.3) is 0 Å². The normalized spacial score (nSPS) is 19.6. The molecule has 3 heterocycles. The number of nitrogens with zero attached hydrogens (tertiary/aromatic N) is 3. The average Bonchev–Trinajstić information content (AvgIpc) is 3.68. The molecule has 0 bridgehead atoms. The van der Waals surface area contributed by atoms with E-state index in [-0.39, 0.29) is 31.1 Å². The molecule has 0 fully saturated rings. The van der Waals surface area contributed by atoms with Crippen molar-refractivity contribution >= 4 is 40.1 Å². The third-order valence-electron chi connectivity index (χ3n) is 6.75. The Kier molecular flexibility index (Phi) is 6.70. The summed E-state index contributed by atoms with van der Waals surface area (Å²) in [5, 5.41) is 9.43. The van der Waals surface area contributed by atoms with Gasteiger partial charge >= 0.3 is 0 Å². The summed E-state index contributed by atoms with van der Waals surface area (Å²) in [6.45, 7) is 2.20. The summed E-state index contributed by atoms with van der Waals surface area (Å²) in [5.41, 5.74) is 4.69. The fourth-order valence-electron chi connectivity index (χ4n) is 4.65. The molecule has 2 atom stereocenters. The van der Waals surface area contributed by atoms with Crippen molar-refractivity contribution in [1.82, 2.24) is 5.01 Å². The number of carbonyl (C=O) groups is 2. The minimum Gasteiger partial charge on any atom is -0.497 e. The number of amides is 2. The van der Waals surface area contributed by atoms with Crippen LogP contribution in [0.4, 0.5) is 5.69 Å². The number of aryl methyl sites for hydroxylation is 1. The number of aliphatic imine (C=N–C) groups is 1. The minimum absolute atomic E-state index is 0.0109. The number of carbonyl (C=O) groups excluding carboxylic acids is 2. The van der Waals surface area contributed by atoms with Crippen LogP contribution < -0.4 is 19.5 Å². The van der Waals surface area contributed by atoms with E-state index in [2.05, 4.69) is 34.6 Å². The molecule has 3 aliphatic rings. The highest BCUT2D eigenvalue weighted by atomic mass is 32.2. The Morgan fingerprint density at radius 1 is 1.08 bits per heavy atom. The Hall–Kier alpha value is -4.31. The molecule has 9 nitrogen and oxygen atoms in total. The lowest BCUT2D eigenvalue weighted by Crippen LogP contribution is -2.25. The predicted octanol–water partition coefficient (Wildman–Crippen LogP) is 4.91. The van der Waals surface area contributed by atoms with Gasteiger partial charge in [0, 0.05) is 24.6 Å². The number of hydrogen-bond acceptors (Lipinski definition) is 8. The molecule has 0 unspecified atom stereocenters. The van der Waals surface area contributed by atoms with E-state index in [0.717, 1.165) is 28.2 Å². The maximum atomic E-state index is 12.9. The van der Waals surface area contributed by atoms with Gasteiger partial charge in [0.2, 0.25) is 12.7 Å². The van der Waals surface area contributed by atoms with Gasteiger partial charge in [-0.2, -0.15) is 10.1 Å². The fraction of sp³-hybridized carbons (Fsp3) is 0.241. The zero-order chi connectivity index (χ0) is 26.9. The topological polar surface area (TPSA) is 102 Å². The Balaban J connectivity index is 1.19. The van der Waals surface area contributed by atoms with E-state index in [1.54, 1.807) is 25.3 Å². The highest BCUT2D eigenvalue weighted by Gasteiger charge is 2.39. The van der Waals surface area contributed by atoms with E-state index in [9.17, 15) is 9.59 Å². The highest BCUT2D eigenvalue weighted by Crippen LogP contribution is 2.39. The van der Waals surface area contributed by atoms with E-state index < -0.39 is 5.25 Å². The number of hydrogen-bond donors (Lipinski definition) is 1. The molecule has 3 aliphatic heterocycles. The standard InChI is InChI=1S/C29H26N4O5S/c1-17-3-5-19(6-4-17)23-14-22(18-7-10-21(36-2)11-8-18)32-33(23)29-31-28(35)26(39-29)15-27(34)30-20-9-12-24-25(13-20)38-16-37-24/h3-13,23,26H,14-16H2,1-2H3,(H,30,34)/t23-,26-/m0/s1. The van der Waals surface area contributed by atoms with Crippen molar-refractivity contribution in [1.29, 1.82) is 0 Å². The van der Waals surface area contributed by atoms with E-state index in [1.807, 2.05) is 36.2 Å². The third kappa shape index (κ3) is 5.20. The van der Waals surface area contributed by atoms with E-state index in [0.29, 0.717) is 28.8 Å². The first-order valence-electron chi connectivity index (χ1n) is 12.5. The molecule has 0 saturated heterocycles. The smallest absolute Gasteiger partial charge is 0.262 e. The van der Waals surface area contributed by atoms with Gasteiger partial charge < -0.3 is 19.5 Å². The predicted molar refractivity (Wildman–Crippen MR) is 150 cm³/mol. The number of benzene rings is 3. The van der Waals surface area contributed by atoms with Crippen LogP contribution in [0.15, 0.2) is 76.8 Å². The lowest BCUT2D eigenvalue weighted by molar-refractivity contribution is -0.121. The second-order valence-electron chi connectivity index (χ2n) is 9.41. The van der Waals surface area contributed by atoms with Crippen LogP contribution in [0.5, 0.6) is 17.2 Å². The molecule has 0 aromatic heterocycles. The van der Waals surface area contributed by atoms with Crippen molar-refractivity contribution in [3.63, 3.8) is 0 Å². The number of nitrogens with one attached hydrogen (secondary N) is 1. The molecule has 10 heteroatoms. The van der Waals surface area contributed by atoms with Crippen LogP contribution in [0.3, 0.4) is 0 Å². The van der Waals surface area contributed by atoms with Gasteiger partial charge in [-0.1, -0.05) is 41.6 Å². The molecule has 0 saturated carbocycles. The second kappa shape index (κ2) is 10.5. The number of rotatable bonds is 6. The van der Waals surface area contributed by atoms with Crippen LogP contribution in [0.2, 0.25) is 0 Å². The van der Waals surface area contributed by atoms with E-state index >= 15 is 0 Å². The van der Waals surface area contributed by atoms with Crippen molar-refractivity contribution in [2.24, 2.45) is 10.1 Å². The molecule has 0 radical (unpaired) electrons. The van der Waals surface area contributed by atoms with Crippen molar-refractivity contribution in [2.45, 2.75) is 31.1 Å². The fourth-order valence-corrected chi connectivity index (χ4v) is 5.71. The largest absolute Gasteiger partial charge is 0.497 e. The van der Waals surface area contributed by atoms with Crippen LogP contribution in [0, 0.1) is 6.92 Å². The van der Waals surface area contributed by atoms with Crippen molar-refractivity contribution < 1.29 is 23.8 Å². The molecule has 3 aromatic rings. The van der Waals surface area contributed by atoms with Gasteiger partial charge in [0.15, 0.2) is 16.7 Å². The molecule has 2 amide bonds. The van der Waals surface area contributed by atoms with E-state index in [4.69, 9.17) is 19.3 Å². The SMILES string of the molecule is COc1ccc(C2=NN(C3=NC(=O)[C@H](CC(=O)Nc4ccc5c(c4)OCO5)S3)[C@H](c3ccc(C)cc3)C2)cc1. The van der Waals surface area contributed by atoms with Crippen LogP contribution >= 0.6 is 11.8 Å². The number of ether oxygens (including phenoxy) is 3. The zero-order valence-electron chi connectivity index (χ0n) is 21.4. The number of methoxy groups -OCH3 is 1. The van der Waals surface area contributed by atoms with Crippen LogP contribution in [0.1, 0.15) is 35.6 Å². The first-order chi connectivity index (χ1) is 19.0. The van der Waals surface area contributed by atoms with Gasteiger partial charge in [-0.05, 0) is 54.4 Å². The van der Waals surface area contributed by atoms with Crippen molar-refractivity contribution in [2.75, 3.05) is 19.2 Å². The summed E-state index contributed by atoms with van der Waals surface area (Å²) in [6, 6.07) is 21.1. The Labute approximate surface area is 229 Å². The highest BCUT2D eigenvalue weighted by molar-refractivity contribution is 8.15. The van der Waals surface area contributed by atoms with Crippen LogP contribution in [-0.2, 0) is 9.59 Å². The van der Waals surface area contributed by atoms with Crippen LogP contribution in [-0.4, -0.2) is 46.9 Å². The molecule has 6 rings (SSSR count). The maximum Gasteiger partial charge on any atom is 0.262 e. The average molecular weight is 543 g/mol. The zero-order valence-corrected chi connectivity index (χ0v) is 22.2. The van der Waals surface area contributed by atoms with Crippen molar-refractivity contribution in [3.05, 3.63) is 83.4 Å². The number of anilines is 1. The van der Waals surface area contributed by atoms with Gasteiger partial charge in [-0.15, -0.1) is 0 Å². The monoisotopic (exact) mass is 542 g/mol. The summed E-state index contributed by atoms with van der Waals surface area (Å²) in [7, 11) is 1.63. The lowest BCUT2D eigenvalue weighted by Gasteiger charge is -2.23. The molecule has 39 heavy (non-hydrogen) atoms. The molecular formula is C29H26N4O5S. The third-order valence-corrected chi connectivity index (χ3v) is 7.89. The lowest BCUT2D eigenvalue weighted by atomic mass is 9.98. The minimum atomic E-state index is -0.632. The molecule has 198 valence electrons. The van der Waals surface area contributed by atoms with Gasteiger partial charge in [-0.25, -0.2) is 5.01 Å². The first kappa shape index (κ1) is 25.0. The number of amidine groups is 1. The summed E-state index contributed by atoms with van der Waals surface area (Å²) >= 11 is 1.27. The maximum absolute atomic E-state index is 12.9. The number of fused-ring (bicyclic) bond motifs is 1. The first-order valence-corrected chi connectivity index (χ1v) is 13.4. The molecule has 0 spiro atoms. The quantitative estimate of drug-likeness (QED) is 0.472. The summed E-state index contributed by atoms with van der Waals surface area (Å²) in [6.07, 6.45) is 0.640. The Bertz CT molecular complexity index is 1490. The Morgan fingerprint density at radius 3 is 2.62 bits per heavy atom. The molecule has 1 N–H and O–H groups in total. The molecular weight excluding hydrogens is 516 g/mol. The summed E-state index contributed by atoms with van der Waals surface area (Å²) < 4.78 is 16.0. The Morgan fingerprint density at radius 2 is 1.85 bits per heavy atom. The number of thioether (sulfide) groups is 1. The van der Waals surface area contributed by atoms with Gasteiger partial charge in [0.1, 0.15) is 11.0 Å². The molecule has 0 aliphatic carbocycles. The second-order valence-corrected chi connectivity index (χ2v) is 10.6. The van der Waals surface area contributed by atoms with Crippen molar-refractivity contribution in [3.8, 4) is 17.2 Å². The van der Waals surface area contributed by atoms with Gasteiger partial charge in [0.05, 0.1) is 18.9 Å². The summed E-state index contributed by atoms with van der Waals surface area (Å²) in [5.74, 6) is 1.36. The number of hydrazone groups is 1.